The number of halogens is 1. The lowest BCUT2D eigenvalue weighted by Crippen LogP contribution is -2.48. The van der Waals surface area contributed by atoms with Crippen molar-refractivity contribution in [2.45, 2.75) is 20.4 Å². The van der Waals surface area contributed by atoms with E-state index < -0.39 is 0 Å². The van der Waals surface area contributed by atoms with E-state index in [9.17, 15) is 4.79 Å². The SMILES string of the molecule is COc1ccc(C(=O)N2CCN(Cc3c(C)noc3C)CC2)c(OC)c1.Cl. The predicted molar refractivity (Wildman–Crippen MR) is 104 cm³/mol. The summed E-state index contributed by atoms with van der Waals surface area (Å²) in [6.07, 6.45) is 0. The lowest BCUT2D eigenvalue weighted by molar-refractivity contribution is 0.0624. The second-order valence-electron chi connectivity index (χ2n) is 6.44. The van der Waals surface area contributed by atoms with Crippen molar-refractivity contribution in [1.82, 2.24) is 15.0 Å². The summed E-state index contributed by atoms with van der Waals surface area (Å²) in [6.45, 7) is 7.68. The second-order valence-corrected chi connectivity index (χ2v) is 6.44. The number of carbonyl (C=O) groups excluding carboxylic acids is 1. The molecule has 1 saturated heterocycles. The van der Waals surface area contributed by atoms with Gasteiger partial charge in [0, 0.05) is 44.4 Å². The first-order valence-electron chi connectivity index (χ1n) is 8.69. The first-order chi connectivity index (χ1) is 12.5. The molecule has 2 aromatic rings. The van der Waals surface area contributed by atoms with Gasteiger partial charge in [0.25, 0.3) is 5.91 Å². The molecule has 0 aliphatic carbocycles. The van der Waals surface area contributed by atoms with Gasteiger partial charge in [0.05, 0.1) is 25.5 Å². The first-order valence-corrected chi connectivity index (χ1v) is 8.69. The average molecular weight is 396 g/mol. The van der Waals surface area contributed by atoms with Crippen LogP contribution in [0.4, 0.5) is 0 Å². The van der Waals surface area contributed by atoms with Gasteiger partial charge in [0.1, 0.15) is 17.3 Å². The number of ether oxygens (including phenoxy) is 2. The van der Waals surface area contributed by atoms with Crippen molar-refractivity contribution < 1.29 is 18.8 Å². The van der Waals surface area contributed by atoms with Crippen LogP contribution in [0.2, 0.25) is 0 Å². The van der Waals surface area contributed by atoms with Gasteiger partial charge in [-0.2, -0.15) is 0 Å². The van der Waals surface area contributed by atoms with Crippen LogP contribution in [0, 0.1) is 13.8 Å². The van der Waals surface area contributed by atoms with Crippen molar-refractivity contribution in [3.8, 4) is 11.5 Å². The van der Waals surface area contributed by atoms with Crippen LogP contribution in [-0.2, 0) is 6.54 Å². The van der Waals surface area contributed by atoms with Crippen LogP contribution in [0.25, 0.3) is 0 Å². The van der Waals surface area contributed by atoms with Crippen LogP contribution in [0.15, 0.2) is 22.7 Å². The summed E-state index contributed by atoms with van der Waals surface area (Å²) in [4.78, 5) is 17.1. The second kappa shape index (κ2) is 9.10. The number of aromatic nitrogens is 1. The van der Waals surface area contributed by atoms with Crippen LogP contribution in [0.5, 0.6) is 11.5 Å². The Kier molecular flexibility index (Phi) is 7.10. The number of aryl methyl sites for hydroxylation is 2. The standard InChI is InChI=1S/C19H25N3O4.ClH/c1-13-17(14(2)26-20-13)12-21-7-9-22(10-8-21)19(23)16-6-5-15(24-3)11-18(16)25-4;/h5-6,11H,7-10,12H2,1-4H3;1H. The monoisotopic (exact) mass is 395 g/mol. The summed E-state index contributed by atoms with van der Waals surface area (Å²) in [6, 6.07) is 5.28. The van der Waals surface area contributed by atoms with Crippen molar-refractivity contribution in [3.05, 3.63) is 40.8 Å². The van der Waals surface area contributed by atoms with E-state index >= 15 is 0 Å². The van der Waals surface area contributed by atoms with Gasteiger partial charge in [0.2, 0.25) is 0 Å². The van der Waals surface area contributed by atoms with E-state index in [1.54, 1.807) is 32.4 Å². The summed E-state index contributed by atoms with van der Waals surface area (Å²) < 4.78 is 15.8. The summed E-state index contributed by atoms with van der Waals surface area (Å²) in [5.41, 5.74) is 2.64. The molecule has 0 unspecified atom stereocenters. The topological polar surface area (TPSA) is 68.0 Å². The number of methoxy groups -OCH3 is 2. The predicted octanol–water partition coefficient (Wildman–Crippen LogP) is 2.69. The highest BCUT2D eigenvalue weighted by molar-refractivity contribution is 5.97. The van der Waals surface area contributed by atoms with Crippen LogP contribution in [-0.4, -0.2) is 61.3 Å². The van der Waals surface area contributed by atoms with Crippen LogP contribution in [0.1, 0.15) is 27.4 Å². The Morgan fingerprint density at radius 1 is 1.15 bits per heavy atom. The largest absolute Gasteiger partial charge is 0.497 e. The molecule has 7 nitrogen and oxygen atoms in total. The highest BCUT2D eigenvalue weighted by atomic mass is 35.5. The Hall–Kier alpha value is -2.25. The minimum absolute atomic E-state index is 0. The molecule has 1 aromatic heterocycles. The van der Waals surface area contributed by atoms with Gasteiger partial charge in [-0.05, 0) is 26.0 Å². The molecule has 0 saturated carbocycles. The smallest absolute Gasteiger partial charge is 0.257 e. The number of amides is 1. The average Bonchev–Trinajstić information content (AvgIpc) is 2.99. The zero-order valence-corrected chi connectivity index (χ0v) is 17.0. The van der Waals surface area contributed by atoms with Gasteiger partial charge in [-0.1, -0.05) is 5.16 Å². The van der Waals surface area contributed by atoms with Crippen molar-refractivity contribution >= 4 is 18.3 Å². The number of carbonyl (C=O) groups is 1. The Balaban J connectivity index is 0.00000261. The molecule has 0 atom stereocenters. The van der Waals surface area contributed by atoms with Gasteiger partial charge in [-0.3, -0.25) is 9.69 Å². The van der Waals surface area contributed by atoms with Crippen molar-refractivity contribution in [1.29, 1.82) is 0 Å². The zero-order chi connectivity index (χ0) is 18.7. The van der Waals surface area contributed by atoms with E-state index in [4.69, 9.17) is 14.0 Å². The Morgan fingerprint density at radius 3 is 2.41 bits per heavy atom. The molecule has 1 aliphatic heterocycles. The van der Waals surface area contributed by atoms with Gasteiger partial charge < -0.3 is 18.9 Å². The molecule has 0 bridgehead atoms. The molecular formula is C19H26ClN3O4. The summed E-state index contributed by atoms with van der Waals surface area (Å²) in [5.74, 6) is 2.06. The third-order valence-electron chi connectivity index (χ3n) is 4.86. The molecule has 0 spiro atoms. The number of rotatable bonds is 5. The summed E-state index contributed by atoms with van der Waals surface area (Å²) >= 11 is 0. The van der Waals surface area contributed by atoms with E-state index in [-0.39, 0.29) is 18.3 Å². The van der Waals surface area contributed by atoms with E-state index in [2.05, 4.69) is 10.1 Å². The minimum atomic E-state index is -0.0125. The fourth-order valence-corrected chi connectivity index (χ4v) is 3.21. The van der Waals surface area contributed by atoms with Crippen molar-refractivity contribution in [2.75, 3.05) is 40.4 Å². The van der Waals surface area contributed by atoms with Crippen molar-refractivity contribution in [2.24, 2.45) is 0 Å². The summed E-state index contributed by atoms with van der Waals surface area (Å²) in [7, 11) is 3.15. The number of benzene rings is 1. The Bertz CT molecular complexity index is 766. The third kappa shape index (κ3) is 4.54. The van der Waals surface area contributed by atoms with Gasteiger partial charge in [-0.15, -0.1) is 12.4 Å². The molecule has 3 rings (SSSR count). The molecule has 1 aliphatic rings. The van der Waals surface area contributed by atoms with Crippen LogP contribution >= 0.6 is 12.4 Å². The zero-order valence-electron chi connectivity index (χ0n) is 16.2. The number of nitrogens with zero attached hydrogens (tertiary/aromatic N) is 3. The highest BCUT2D eigenvalue weighted by Crippen LogP contribution is 2.26. The number of piperazine rings is 1. The molecule has 1 fully saturated rings. The van der Waals surface area contributed by atoms with Gasteiger partial charge in [-0.25, -0.2) is 0 Å². The Morgan fingerprint density at radius 2 is 1.85 bits per heavy atom. The molecule has 0 N–H and O–H groups in total. The van der Waals surface area contributed by atoms with E-state index in [0.29, 0.717) is 30.2 Å². The van der Waals surface area contributed by atoms with Gasteiger partial charge in [0.15, 0.2) is 0 Å². The molecular weight excluding hydrogens is 370 g/mol. The maximum Gasteiger partial charge on any atom is 0.257 e. The molecule has 2 heterocycles. The lowest BCUT2D eigenvalue weighted by Gasteiger charge is -2.35. The van der Waals surface area contributed by atoms with Crippen LogP contribution < -0.4 is 9.47 Å². The van der Waals surface area contributed by atoms with E-state index in [1.807, 2.05) is 18.7 Å². The highest BCUT2D eigenvalue weighted by Gasteiger charge is 2.25. The minimum Gasteiger partial charge on any atom is -0.497 e. The van der Waals surface area contributed by atoms with Crippen molar-refractivity contribution in [3.63, 3.8) is 0 Å². The van der Waals surface area contributed by atoms with E-state index in [1.165, 1.54) is 0 Å². The van der Waals surface area contributed by atoms with E-state index in [0.717, 1.165) is 36.7 Å². The normalized spacial score (nSPS) is 14.6. The quantitative estimate of drug-likeness (QED) is 0.775. The molecule has 1 amide bonds. The maximum atomic E-state index is 12.9. The number of hydrogen-bond acceptors (Lipinski definition) is 6. The molecule has 8 heteroatoms. The maximum absolute atomic E-state index is 12.9. The molecule has 0 radical (unpaired) electrons. The number of hydrogen-bond donors (Lipinski definition) is 0. The fraction of sp³-hybridized carbons (Fsp3) is 0.474. The van der Waals surface area contributed by atoms with Crippen LogP contribution in [0.3, 0.4) is 0 Å². The molecule has 148 valence electrons. The lowest BCUT2D eigenvalue weighted by atomic mass is 10.1. The molecule has 27 heavy (non-hydrogen) atoms. The van der Waals surface area contributed by atoms with Gasteiger partial charge >= 0.3 is 0 Å². The first kappa shape index (κ1) is 21.1. The third-order valence-corrected chi connectivity index (χ3v) is 4.86. The molecule has 1 aromatic carbocycles. The fourth-order valence-electron chi connectivity index (χ4n) is 3.21. The summed E-state index contributed by atoms with van der Waals surface area (Å²) in [5, 5.41) is 4.01. The Labute approximate surface area is 165 Å².